The average molecular weight is 320 g/mol. The molecule has 0 saturated carbocycles. The van der Waals surface area contributed by atoms with Crippen molar-refractivity contribution >= 4 is 29.0 Å². The van der Waals surface area contributed by atoms with Gasteiger partial charge >= 0.3 is 0 Å². The number of carbonyl (C=O) groups is 1. The summed E-state index contributed by atoms with van der Waals surface area (Å²) in [6.07, 6.45) is 0.773. The fourth-order valence-electron chi connectivity index (χ4n) is 1.93. The highest BCUT2D eigenvalue weighted by Gasteiger charge is 2.12. The second-order valence-corrected chi connectivity index (χ2v) is 7.71. The third kappa shape index (κ3) is 4.86. The molecule has 0 radical (unpaired) electrons. The summed E-state index contributed by atoms with van der Waals surface area (Å²) >= 11 is 3.36. The molecule has 3 nitrogen and oxygen atoms in total. The Hall–Kier alpha value is -1.33. The van der Waals surface area contributed by atoms with Gasteiger partial charge in [0.15, 0.2) is 0 Å². The molecule has 1 aromatic carbocycles. The Labute approximate surface area is 134 Å². The number of rotatable bonds is 6. The SMILES string of the molecule is Cc1nc(CCNC(=O)c2ccccc2SC(C)C)cs1. The van der Waals surface area contributed by atoms with E-state index in [2.05, 4.69) is 24.1 Å². The highest BCUT2D eigenvalue weighted by Crippen LogP contribution is 2.26. The minimum absolute atomic E-state index is 0.00861. The van der Waals surface area contributed by atoms with Gasteiger partial charge in [-0.2, -0.15) is 0 Å². The molecule has 0 aliphatic heterocycles. The maximum atomic E-state index is 12.3. The molecule has 0 aliphatic rings. The molecular weight excluding hydrogens is 300 g/mol. The van der Waals surface area contributed by atoms with E-state index in [0.717, 1.165) is 27.6 Å². The Morgan fingerprint density at radius 3 is 2.81 bits per heavy atom. The van der Waals surface area contributed by atoms with Crippen LogP contribution in [0.15, 0.2) is 34.5 Å². The summed E-state index contributed by atoms with van der Waals surface area (Å²) in [5, 5.41) is 6.55. The van der Waals surface area contributed by atoms with Crippen LogP contribution in [0, 0.1) is 6.92 Å². The molecule has 112 valence electrons. The quantitative estimate of drug-likeness (QED) is 0.820. The van der Waals surface area contributed by atoms with Crippen molar-refractivity contribution in [2.24, 2.45) is 0 Å². The van der Waals surface area contributed by atoms with Crippen LogP contribution in [-0.4, -0.2) is 22.7 Å². The van der Waals surface area contributed by atoms with Gasteiger partial charge in [-0.15, -0.1) is 23.1 Å². The van der Waals surface area contributed by atoms with E-state index >= 15 is 0 Å². The van der Waals surface area contributed by atoms with Crippen molar-refractivity contribution in [2.45, 2.75) is 37.3 Å². The van der Waals surface area contributed by atoms with Gasteiger partial charge in [-0.1, -0.05) is 26.0 Å². The van der Waals surface area contributed by atoms with E-state index in [9.17, 15) is 4.79 Å². The third-order valence-corrected chi connectivity index (χ3v) is 4.73. The Morgan fingerprint density at radius 1 is 1.38 bits per heavy atom. The Kier molecular flexibility index (Phi) is 5.82. The highest BCUT2D eigenvalue weighted by atomic mass is 32.2. The van der Waals surface area contributed by atoms with Crippen LogP contribution in [0.1, 0.15) is 34.9 Å². The molecule has 0 unspecified atom stereocenters. The van der Waals surface area contributed by atoms with E-state index in [1.54, 1.807) is 23.1 Å². The number of thiazole rings is 1. The number of benzene rings is 1. The Balaban J connectivity index is 1.94. The summed E-state index contributed by atoms with van der Waals surface area (Å²) in [7, 11) is 0. The lowest BCUT2D eigenvalue weighted by Crippen LogP contribution is -2.26. The largest absolute Gasteiger partial charge is 0.352 e. The molecule has 21 heavy (non-hydrogen) atoms. The van der Waals surface area contributed by atoms with Crippen molar-refractivity contribution < 1.29 is 4.79 Å². The summed E-state index contributed by atoms with van der Waals surface area (Å²) < 4.78 is 0. The maximum Gasteiger partial charge on any atom is 0.252 e. The van der Waals surface area contributed by atoms with Crippen molar-refractivity contribution in [3.05, 3.63) is 45.9 Å². The molecule has 1 N–H and O–H groups in total. The standard InChI is InChI=1S/C16H20N2OS2/c1-11(2)21-15-7-5-4-6-14(15)16(19)17-9-8-13-10-20-12(3)18-13/h4-7,10-11H,8-9H2,1-3H3,(H,17,19). The minimum atomic E-state index is -0.00861. The van der Waals surface area contributed by atoms with Crippen LogP contribution in [0.3, 0.4) is 0 Å². The van der Waals surface area contributed by atoms with Gasteiger partial charge in [0.1, 0.15) is 0 Å². The van der Waals surface area contributed by atoms with Crippen LogP contribution in [0.4, 0.5) is 0 Å². The first kappa shape index (κ1) is 16.0. The van der Waals surface area contributed by atoms with Gasteiger partial charge in [0.05, 0.1) is 16.3 Å². The van der Waals surface area contributed by atoms with Gasteiger partial charge in [0.25, 0.3) is 5.91 Å². The predicted molar refractivity (Wildman–Crippen MR) is 90.3 cm³/mol. The maximum absolute atomic E-state index is 12.3. The number of amides is 1. The van der Waals surface area contributed by atoms with E-state index in [-0.39, 0.29) is 5.91 Å². The summed E-state index contributed by atoms with van der Waals surface area (Å²) in [6, 6.07) is 7.76. The average Bonchev–Trinajstić information content (AvgIpc) is 2.84. The van der Waals surface area contributed by atoms with Crippen molar-refractivity contribution in [1.82, 2.24) is 10.3 Å². The van der Waals surface area contributed by atoms with Crippen LogP contribution in [0.25, 0.3) is 0 Å². The smallest absolute Gasteiger partial charge is 0.252 e. The van der Waals surface area contributed by atoms with E-state index < -0.39 is 0 Å². The summed E-state index contributed by atoms with van der Waals surface area (Å²) in [6.45, 7) is 6.86. The molecule has 0 atom stereocenters. The topological polar surface area (TPSA) is 42.0 Å². The molecule has 0 fully saturated rings. The molecule has 5 heteroatoms. The van der Waals surface area contributed by atoms with Crippen LogP contribution in [-0.2, 0) is 6.42 Å². The number of nitrogens with one attached hydrogen (secondary N) is 1. The van der Waals surface area contributed by atoms with E-state index in [4.69, 9.17) is 0 Å². The van der Waals surface area contributed by atoms with Crippen molar-refractivity contribution in [3.8, 4) is 0 Å². The van der Waals surface area contributed by atoms with Crippen molar-refractivity contribution in [2.75, 3.05) is 6.54 Å². The normalized spacial score (nSPS) is 10.9. The van der Waals surface area contributed by atoms with E-state index in [1.165, 1.54) is 0 Å². The first-order valence-electron chi connectivity index (χ1n) is 7.01. The molecule has 2 aromatic rings. The van der Waals surface area contributed by atoms with Gasteiger partial charge in [-0.05, 0) is 19.1 Å². The first-order chi connectivity index (χ1) is 10.1. The molecule has 1 amide bonds. The lowest BCUT2D eigenvalue weighted by atomic mass is 10.2. The van der Waals surface area contributed by atoms with Crippen LogP contribution in [0.5, 0.6) is 0 Å². The number of aryl methyl sites for hydroxylation is 1. The minimum Gasteiger partial charge on any atom is -0.352 e. The van der Waals surface area contributed by atoms with Gasteiger partial charge in [0, 0.05) is 28.5 Å². The monoisotopic (exact) mass is 320 g/mol. The molecule has 1 aromatic heterocycles. The molecule has 1 heterocycles. The van der Waals surface area contributed by atoms with Crippen LogP contribution >= 0.6 is 23.1 Å². The highest BCUT2D eigenvalue weighted by molar-refractivity contribution is 8.00. The fourth-order valence-corrected chi connectivity index (χ4v) is 3.53. The Bertz CT molecular complexity index is 608. The Morgan fingerprint density at radius 2 is 2.14 bits per heavy atom. The number of hydrogen-bond acceptors (Lipinski definition) is 4. The molecule has 0 spiro atoms. The van der Waals surface area contributed by atoms with Gasteiger partial charge in [-0.25, -0.2) is 4.98 Å². The van der Waals surface area contributed by atoms with Gasteiger partial charge < -0.3 is 5.32 Å². The molecule has 0 bridgehead atoms. The number of nitrogens with zero attached hydrogens (tertiary/aromatic N) is 1. The summed E-state index contributed by atoms with van der Waals surface area (Å²) in [5.74, 6) is -0.00861. The molecule has 2 rings (SSSR count). The fraction of sp³-hybridized carbons (Fsp3) is 0.375. The second kappa shape index (κ2) is 7.61. The second-order valence-electron chi connectivity index (χ2n) is 5.03. The summed E-state index contributed by atoms with van der Waals surface area (Å²) in [4.78, 5) is 17.7. The summed E-state index contributed by atoms with van der Waals surface area (Å²) in [5.41, 5.74) is 1.80. The van der Waals surface area contributed by atoms with Gasteiger partial charge in [-0.3, -0.25) is 4.79 Å². The number of aromatic nitrogens is 1. The lowest BCUT2D eigenvalue weighted by molar-refractivity contribution is 0.0951. The zero-order valence-corrected chi connectivity index (χ0v) is 14.2. The van der Waals surface area contributed by atoms with E-state index in [1.807, 2.05) is 36.6 Å². The number of carbonyl (C=O) groups excluding carboxylic acids is 1. The van der Waals surface area contributed by atoms with Crippen LogP contribution in [0.2, 0.25) is 0 Å². The lowest BCUT2D eigenvalue weighted by Gasteiger charge is -2.11. The molecular formula is C16H20N2OS2. The number of thioether (sulfide) groups is 1. The van der Waals surface area contributed by atoms with E-state index in [0.29, 0.717) is 11.8 Å². The molecule has 0 aliphatic carbocycles. The van der Waals surface area contributed by atoms with Crippen molar-refractivity contribution in [1.29, 1.82) is 0 Å². The third-order valence-electron chi connectivity index (χ3n) is 2.83. The zero-order chi connectivity index (χ0) is 15.2. The molecule has 0 saturated heterocycles. The predicted octanol–water partition coefficient (Wildman–Crippen LogP) is 3.92. The van der Waals surface area contributed by atoms with Crippen LogP contribution < -0.4 is 5.32 Å². The zero-order valence-electron chi connectivity index (χ0n) is 12.6. The van der Waals surface area contributed by atoms with Crippen molar-refractivity contribution in [3.63, 3.8) is 0 Å². The first-order valence-corrected chi connectivity index (χ1v) is 8.77. The number of hydrogen-bond donors (Lipinski definition) is 1. The van der Waals surface area contributed by atoms with Gasteiger partial charge in [0.2, 0.25) is 0 Å².